The average Bonchev–Trinajstić information content (AvgIpc) is 3.04. The fourth-order valence-corrected chi connectivity index (χ4v) is 4.24. The molecule has 32 heavy (non-hydrogen) atoms. The van der Waals surface area contributed by atoms with Gasteiger partial charge in [0.1, 0.15) is 11.5 Å². The molecule has 0 spiro atoms. The van der Waals surface area contributed by atoms with Gasteiger partial charge in [-0.1, -0.05) is 35.4 Å². The van der Waals surface area contributed by atoms with Crippen LogP contribution in [-0.4, -0.2) is 28.9 Å². The fraction of sp³-hybridized carbons (Fsp3) is 0.160. The van der Waals surface area contributed by atoms with Crippen LogP contribution in [0.15, 0.2) is 66.5 Å². The highest BCUT2D eigenvalue weighted by Gasteiger charge is 2.47. The molecule has 7 heteroatoms. The Morgan fingerprint density at radius 2 is 1.91 bits per heavy atom. The zero-order valence-corrected chi connectivity index (χ0v) is 18.6. The average molecular weight is 449 g/mol. The Morgan fingerprint density at radius 3 is 2.53 bits per heavy atom. The first-order chi connectivity index (χ1) is 15.3. The third kappa shape index (κ3) is 3.63. The summed E-state index contributed by atoms with van der Waals surface area (Å²) in [6, 6.07) is 13.0. The minimum atomic E-state index is -0.842. The number of hydrogen-bond acceptors (Lipinski definition) is 5. The van der Waals surface area contributed by atoms with Gasteiger partial charge in [0.25, 0.3) is 11.7 Å². The number of aliphatic hydroxyl groups excluding tert-OH is 1. The second-order valence-electron chi connectivity index (χ2n) is 7.59. The summed E-state index contributed by atoms with van der Waals surface area (Å²) in [5, 5.41) is 11.4. The minimum absolute atomic E-state index is 0.0239. The number of nitrogens with zero attached hydrogens (tertiary/aromatic N) is 2. The van der Waals surface area contributed by atoms with Gasteiger partial charge in [0, 0.05) is 23.6 Å². The zero-order chi connectivity index (χ0) is 23.0. The number of hydrogen-bond donors (Lipinski definition) is 1. The van der Waals surface area contributed by atoms with Crippen molar-refractivity contribution in [3.05, 3.63) is 93.8 Å². The smallest absolute Gasteiger partial charge is 0.300 e. The molecule has 1 amide bonds. The maximum atomic E-state index is 13.2. The van der Waals surface area contributed by atoms with E-state index < -0.39 is 17.7 Å². The number of methoxy groups -OCH3 is 1. The molecule has 1 aromatic heterocycles. The van der Waals surface area contributed by atoms with Gasteiger partial charge in [-0.2, -0.15) is 0 Å². The predicted octanol–water partition coefficient (Wildman–Crippen LogP) is 4.99. The highest BCUT2D eigenvalue weighted by atomic mass is 35.5. The quantitative estimate of drug-likeness (QED) is 0.345. The first-order valence-corrected chi connectivity index (χ1v) is 10.3. The number of aromatic nitrogens is 1. The van der Waals surface area contributed by atoms with Crippen LogP contribution < -0.4 is 9.64 Å². The van der Waals surface area contributed by atoms with Crippen LogP contribution in [0.25, 0.3) is 5.76 Å². The summed E-state index contributed by atoms with van der Waals surface area (Å²) in [4.78, 5) is 32.0. The Balaban J connectivity index is 1.95. The SMILES string of the molecule is COc1ccc(/C(O)=C2\C(=O)C(=O)N(c3ccc(C)cc3C)C2c2cccnc2)cc1Cl. The van der Waals surface area contributed by atoms with Crippen LogP contribution >= 0.6 is 11.6 Å². The van der Waals surface area contributed by atoms with Gasteiger partial charge in [-0.3, -0.25) is 19.5 Å². The van der Waals surface area contributed by atoms with Crippen LogP contribution in [0.1, 0.15) is 28.3 Å². The lowest BCUT2D eigenvalue weighted by atomic mass is 9.96. The molecule has 3 aromatic rings. The molecule has 0 bridgehead atoms. The molecule has 1 unspecified atom stereocenters. The third-order valence-corrected chi connectivity index (χ3v) is 5.78. The predicted molar refractivity (Wildman–Crippen MR) is 123 cm³/mol. The van der Waals surface area contributed by atoms with E-state index in [2.05, 4.69) is 4.98 Å². The number of aryl methyl sites for hydroxylation is 2. The minimum Gasteiger partial charge on any atom is -0.507 e. The van der Waals surface area contributed by atoms with E-state index in [9.17, 15) is 14.7 Å². The van der Waals surface area contributed by atoms with Gasteiger partial charge < -0.3 is 9.84 Å². The van der Waals surface area contributed by atoms with E-state index in [1.54, 1.807) is 36.7 Å². The van der Waals surface area contributed by atoms with Crippen molar-refractivity contribution >= 4 is 34.7 Å². The zero-order valence-electron chi connectivity index (χ0n) is 17.8. The lowest BCUT2D eigenvalue weighted by Gasteiger charge is -2.26. The van der Waals surface area contributed by atoms with E-state index in [4.69, 9.17) is 16.3 Å². The number of pyridine rings is 1. The maximum absolute atomic E-state index is 13.2. The number of carbonyl (C=O) groups excluding carboxylic acids is 2. The number of ketones is 1. The molecule has 1 aliphatic rings. The van der Waals surface area contributed by atoms with Crippen molar-refractivity contribution in [3.8, 4) is 5.75 Å². The highest BCUT2D eigenvalue weighted by molar-refractivity contribution is 6.51. The van der Waals surface area contributed by atoms with Crippen molar-refractivity contribution in [2.45, 2.75) is 19.9 Å². The number of carbonyl (C=O) groups is 2. The third-order valence-electron chi connectivity index (χ3n) is 5.48. The molecule has 0 radical (unpaired) electrons. The molecule has 1 saturated heterocycles. The number of amides is 1. The summed E-state index contributed by atoms with van der Waals surface area (Å²) in [5.41, 5.74) is 3.36. The van der Waals surface area contributed by atoms with Gasteiger partial charge in [0.05, 0.1) is 23.7 Å². The van der Waals surface area contributed by atoms with Gasteiger partial charge in [0.2, 0.25) is 0 Å². The standard InChI is InChI=1S/C25H21ClN2O4/c1-14-6-8-19(15(2)11-14)28-22(17-5-4-10-27-13-17)21(24(30)25(28)31)23(29)16-7-9-20(32-3)18(26)12-16/h4-13,22,29H,1-3H3/b23-21+. The van der Waals surface area contributed by atoms with Crippen molar-refractivity contribution in [2.75, 3.05) is 12.0 Å². The fourth-order valence-electron chi connectivity index (χ4n) is 3.98. The monoisotopic (exact) mass is 448 g/mol. The molecule has 0 aliphatic carbocycles. The number of halogens is 1. The van der Waals surface area contributed by atoms with E-state index in [0.717, 1.165) is 11.1 Å². The summed E-state index contributed by atoms with van der Waals surface area (Å²) in [6.45, 7) is 3.84. The van der Waals surface area contributed by atoms with Gasteiger partial charge in [-0.05, 0) is 55.3 Å². The van der Waals surface area contributed by atoms with Gasteiger partial charge in [-0.15, -0.1) is 0 Å². The molecule has 4 rings (SSSR count). The van der Waals surface area contributed by atoms with Crippen LogP contribution in [-0.2, 0) is 9.59 Å². The molecule has 0 saturated carbocycles. The van der Waals surface area contributed by atoms with Crippen molar-refractivity contribution in [1.82, 2.24) is 4.98 Å². The topological polar surface area (TPSA) is 79.7 Å². The number of anilines is 1. The van der Waals surface area contributed by atoms with Crippen molar-refractivity contribution in [3.63, 3.8) is 0 Å². The van der Waals surface area contributed by atoms with Crippen molar-refractivity contribution in [2.24, 2.45) is 0 Å². The molecular formula is C25H21ClN2O4. The molecule has 1 aliphatic heterocycles. The normalized spacial score (nSPS) is 17.6. The van der Waals surface area contributed by atoms with E-state index in [1.165, 1.54) is 18.1 Å². The van der Waals surface area contributed by atoms with E-state index in [-0.39, 0.29) is 16.4 Å². The Morgan fingerprint density at radius 1 is 1.12 bits per heavy atom. The van der Waals surface area contributed by atoms with Crippen LogP contribution in [0.5, 0.6) is 5.75 Å². The number of benzene rings is 2. The Bertz CT molecular complexity index is 1250. The Hall–Kier alpha value is -3.64. The molecule has 2 heterocycles. The maximum Gasteiger partial charge on any atom is 0.300 e. The molecule has 2 aromatic carbocycles. The first-order valence-electron chi connectivity index (χ1n) is 9.95. The molecule has 1 atom stereocenters. The summed E-state index contributed by atoms with van der Waals surface area (Å²) in [7, 11) is 1.48. The van der Waals surface area contributed by atoms with E-state index in [0.29, 0.717) is 22.6 Å². The summed E-state index contributed by atoms with van der Waals surface area (Å²) in [5.74, 6) is -1.37. The summed E-state index contributed by atoms with van der Waals surface area (Å²) in [6.07, 6.45) is 3.19. The molecule has 1 N–H and O–H groups in total. The van der Waals surface area contributed by atoms with Crippen molar-refractivity contribution in [1.29, 1.82) is 0 Å². The molecule has 6 nitrogen and oxygen atoms in total. The lowest BCUT2D eigenvalue weighted by Crippen LogP contribution is -2.30. The highest BCUT2D eigenvalue weighted by Crippen LogP contribution is 2.43. The molecule has 1 fully saturated rings. The van der Waals surface area contributed by atoms with Crippen molar-refractivity contribution < 1.29 is 19.4 Å². The number of ether oxygens (including phenoxy) is 1. The number of rotatable bonds is 4. The first kappa shape index (κ1) is 21.6. The van der Waals surface area contributed by atoms with Crippen LogP contribution in [0.2, 0.25) is 5.02 Å². The van der Waals surface area contributed by atoms with Crippen LogP contribution in [0, 0.1) is 13.8 Å². The van der Waals surface area contributed by atoms with Crippen LogP contribution in [0.3, 0.4) is 0 Å². The van der Waals surface area contributed by atoms with Gasteiger partial charge >= 0.3 is 0 Å². The Labute approximate surface area is 190 Å². The Kier molecular flexibility index (Phi) is 5.72. The van der Waals surface area contributed by atoms with Gasteiger partial charge in [-0.25, -0.2) is 0 Å². The lowest BCUT2D eigenvalue weighted by molar-refractivity contribution is -0.132. The largest absolute Gasteiger partial charge is 0.507 e. The van der Waals surface area contributed by atoms with E-state index >= 15 is 0 Å². The number of Topliss-reactive ketones (excluding diaryl/α,β-unsaturated/α-hetero) is 1. The molecular weight excluding hydrogens is 428 g/mol. The van der Waals surface area contributed by atoms with Crippen LogP contribution in [0.4, 0.5) is 5.69 Å². The number of aliphatic hydroxyl groups is 1. The summed E-state index contributed by atoms with van der Waals surface area (Å²) >= 11 is 6.23. The van der Waals surface area contributed by atoms with E-state index in [1.807, 2.05) is 32.0 Å². The van der Waals surface area contributed by atoms with Gasteiger partial charge in [0.15, 0.2) is 0 Å². The second kappa shape index (κ2) is 8.48. The second-order valence-corrected chi connectivity index (χ2v) is 8.00. The summed E-state index contributed by atoms with van der Waals surface area (Å²) < 4.78 is 5.16. The molecule has 162 valence electrons.